The summed E-state index contributed by atoms with van der Waals surface area (Å²) in [7, 11) is 0. The summed E-state index contributed by atoms with van der Waals surface area (Å²) in [5.41, 5.74) is 2.38. The lowest BCUT2D eigenvalue weighted by Gasteiger charge is -2.11. The standard InChI is InChI=1S/C17H19F3N4/c1-9(2)24-14(15-11-4-3-5-12(11)15)6-13(23-24)10-7-21-16(22-8-10)17(18,19)20/h6-9,11-12,15H,3-5H2,1-2H3/t11-,12+,15?. The first-order valence-electron chi connectivity index (χ1n) is 8.35. The zero-order valence-electron chi connectivity index (χ0n) is 13.6. The van der Waals surface area contributed by atoms with E-state index in [0.717, 1.165) is 11.8 Å². The third-order valence-corrected chi connectivity index (χ3v) is 5.20. The molecule has 4 rings (SSSR count). The molecular weight excluding hydrogens is 317 g/mol. The van der Waals surface area contributed by atoms with Crippen LogP contribution in [-0.4, -0.2) is 19.7 Å². The van der Waals surface area contributed by atoms with Gasteiger partial charge >= 0.3 is 6.18 Å². The average molecular weight is 336 g/mol. The molecule has 1 unspecified atom stereocenters. The summed E-state index contributed by atoms with van der Waals surface area (Å²) in [6.45, 7) is 4.14. The number of fused-ring (bicyclic) bond motifs is 1. The molecule has 0 aliphatic heterocycles. The van der Waals surface area contributed by atoms with Crippen molar-refractivity contribution in [3.05, 3.63) is 30.0 Å². The lowest BCUT2D eigenvalue weighted by Crippen LogP contribution is -2.10. The van der Waals surface area contributed by atoms with E-state index in [4.69, 9.17) is 0 Å². The van der Waals surface area contributed by atoms with Gasteiger partial charge in [0, 0.05) is 35.6 Å². The monoisotopic (exact) mass is 336 g/mol. The Kier molecular flexibility index (Phi) is 3.44. The summed E-state index contributed by atoms with van der Waals surface area (Å²) >= 11 is 0. The Morgan fingerprint density at radius 3 is 2.29 bits per heavy atom. The van der Waals surface area contributed by atoms with E-state index in [9.17, 15) is 13.2 Å². The minimum atomic E-state index is -4.52. The molecule has 0 N–H and O–H groups in total. The van der Waals surface area contributed by atoms with Crippen LogP contribution in [0.2, 0.25) is 0 Å². The molecule has 128 valence electrons. The summed E-state index contributed by atoms with van der Waals surface area (Å²) in [5, 5.41) is 4.62. The van der Waals surface area contributed by atoms with Gasteiger partial charge in [0.2, 0.25) is 5.82 Å². The van der Waals surface area contributed by atoms with E-state index in [0.29, 0.717) is 17.2 Å². The smallest absolute Gasteiger partial charge is 0.266 e. The predicted octanol–water partition coefficient (Wildman–Crippen LogP) is 4.45. The van der Waals surface area contributed by atoms with Crippen LogP contribution >= 0.6 is 0 Å². The molecule has 0 amide bonds. The minimum Gasteiger partial charge on any atom is -0.266 e. The van der Waals surface area contributed by atoms with Crippen LogP contribution in [0.4, 0.5) is 13.2 Å². The van der Waals surface area contributed by atoms with E-state index >= 15 is 0 Å². The first-order valence-corrected chi connectivity index (χ1v) is 8.35. The molecule has 2 fully saturated rings. The quantitative estimate of drug-likeness (QED) is 0.831. The van der Waals surface area contributed by atoms with Crippen molar-refractivity contribution in [3.63, 3.8) is 0 Å². The largest absolute Gasteiger partial charge is 0.451 e. The van der Waals surface area contributed by atoms with Gasteiger partial charge < -0.3 is 0 Å². The number of halogens is 3. The molecule has 0 aromatic carbocycles. The number of aromatic nitrogens is 4. The summed E-state index contributed by atoms with van der Waals surface area (Å²) in [6, 6.07) is 2.22. The summed E-state index contributed by atoms with van der Waals surface area (Å²) in [5.74, 6) is 0.955. The van der Waals surface area contributed by atoms with Crippen LogP contribution in [0.3, 0.4) is 0 Å². The normalized spacial score (nSPS) is 26.0. The fourth-order valence-corrected chi connectivity index (χ4v) is 4.08. The molecule has 24 heavy (non-hydrogen) atoms. The summed E-state index contributed by atoms with van der Waals surface area (Å²) < 4.78 is 39.8. The van der Waals surface area contributed by atoms with E-state index < -0.39 is 12.0 Å². The molecule has 2 aliphatic carbocycles. The average Bonchev–Trinajstić information content (AvgIpc) is 2.94. The van der Waals surface area contributed by atoms with Crippen LogP contribution in [0, 0.1) is 11.8 Å². The summed E-state index contributed by atoms with van der Waals surface area (Å²) in [4.78, 5) is 6.88. The zero-order valence-corrected chi connectivity index (χ0v) is 13.6. The van der Waals surface area contributed by atoms with Crippen LogP contribution in [-0.2, 0) is 6.18 Å². The van der Waals surface area contributed by atoms with Crippen molar-refractivity contribution in [3.8, 4) is 11.3 Å². The SMILES string of the molecule is CC(C)n1nc(-c2cnc(C(F)(F)F)nc2)cc1C1[C@H]2CCC[C@@H]12. The topological polar surface area (TPSA) is 43.6 Å². The number of hydrogen-bond donors (Lipinski definition) is 0. The van der Waals surface area contributed by atoms with E-state index in [2.05, 4.69) is 28.9 Å². The van der Waals surface area contributed by atoms with Gasteiger partial charge in [-0.3, -0.25) is 4.68 Å². The first-order chi connectivity index (χ1) is 11.4. The molecule has 0 radical (unpaired) electrons. The highest BCUT2D eigenvalue weighted by atomic mass is 19.4. The third-order valence-electron chi connectivity index (χ3n) is 5.20. The highest BCUT2D eigenvalue weighted by Crippen LogP contribution is 2.63. The number of nitrogens with zero attached hydrogens (tertiary/aromatic N) is 4. The Bertz CT molecular complexity index is 738. The van der Waals surface area contributed by atoms with Gasteiger partial charge in [-0.1, -0.05) is 6.42 Å². The maximum absolute atomic E-state index is 12.6. The number of alkyl halides is 3. The van der Waals surface area contributed by atoms with Gasteiger partial charge in [0.15, 0.2) is 0 Å². The van der Waals surface area contributed by atoms with Crippen LogP contribution in [0.15, 0.2) is 18.5 Å². The molecule has 0 spiro atoms. The Morgan fingerprint density at radius 1 is 1.12 bits per heavy atom. The van der Waals surface area contributed by atoms with Crippen molar-refractivity contribution in [1.29, 1.82) is 0 Å². The van der Waals surface area contributed by atoms with Crippen LogP contribution in [0.5, 0.6) is 0 Å². The van der Waals surface area contributed by atoms with E-state index in [-0.39, 0.29) is 6.04 Å². The third kappa shape index (κ3) is 2.50. The molecule has 2 aromatic rings. The molecule has 2 heterocycles. The van der Waals surface area contributed by atoms with Crippen molar-refractivity contribution < 1.29 is 13.2 Å². The number of hydrogen-bond acceptors (Lipinski definition) is 3. The van der Waals surface area contributed by atoms with E-state index in [1.807, 2.05) is 10.7 Å². The molecule has 2 saturated carbocycles. The fourth-order valence-electron chi connectivity index (χ4n) is 4.08. The van der Waals surface area contributed by atoms with E-state index in [1.54, 1.807) is 0 Å². The van der Waals surface area contributed by atoms with Crippen LogP contribution in [0.25, 0.3) is 11.3 Å². The maximum atomic E-state index is 12.6. The Morgan fingerprint density at radius 2 is 1.75 bits per heavy atom. The predicted molar refractivity (Wildman–Crippen MR) is 82.2 cm³/mol. The lowest BCUT2D eigenvalue weighted by atomic mass is 10.1. The van der Waals surface area contributed by atoms with Crippen molar-refractivity contribution in [2.45, 2.75) is 51.2 Å². The fraction of sp³-hybridized carbons (Fsp3) is 0.588. The van der Waals surface area contributed by atoms with Gasteiger partial charge in [0.1, 0.15) is 0 Å². The molecule has 0 bridgehead atoms. The van der Waals surface area contributed by atoms with Gasteiger partial charge in [0.05, 0.1) is 5.69 Å². The first kappa shape index (κ1) is 15.6. The molecule has 2 aliphatic rings. The van der Waals surface area contributed by atoms with Gasteiger partial charge in [-0.2, -0.15) is 18.3 Å². The van der Waals surface area contributed by atoms with Gasteiger partial charge in [-0.25, -0.2) is 9.97 Å². The lowest BCUT2D eigenvalue weighted by molar-refractivity contribution is -0.144. The molecule has 4 nitrogen and oxygen atoms in total. The van der Waals surface area contributed by atoms with Crippen molar-refractivity contribution in [2.24, 2.45) is 11.8 Å². The van der Waals surface area contributed by atoms with Gasteiger partial charge in [0.25, 0.3) is 0 Å². The van der Waals surface area contributed by atoms with Gasteiger partial charge in [-0.15, -0.1) is 0 Å². The second kappa shape index (κ2) is 5.29. The van der Waals surface area contributed by atoms with Crippen LogP contribution in [0.1, 0.15) is 56.6 Å². The zero-order chi connectivity index (χ0) is 17.1. The van der Waals surface area contributed by atoms with Crippen molar-refractivity contribution in [2.75, 3.05) is 0 Å². The minimum absolute atomic E-state index is 0.213. The summed E-state index contributed by atoms with van der Waals surface area (Å²) in [6.07, 6.45) is 1.75. The van der Waals surface area contributed by atoms with Crippen molar-refractivity contribution >= 4 is 0 Å². The maximum Gasteiger partial charge on any atom is 0.451 e. The van der Waals surface area contributed by atoms with E-state index in [1.165, 1.54) is 37.4 Å². The molecule has 0 saturated heterocycles. The Balaban J connectivity index is 1.66. The molecular formula is C17H19F3N4. The highest BCUT2D eigenvalue weighted by molar-refractivity contribution is 5.57. The molecule has 7 heteroatoms. The molecule has 2 aromatic heterocycles. The highest BCUT2D eigenvalue weighted by Gasteiger charge is 2.54. The number of rotatable bonds is 3. The Hall–Kier alpha value is -1.92. The second-order valence-corrected chi connectivity index (χ2v) is 7.07. The Labute approximate surface area is 138 Å². The van der Waals surface area contributed by atoms with Gasteiger partial charge in [-0.05, 0) is 44.6 Å². The second-order valence-electron chi connectivity index (χ2n) is 7.07. The van der Waals surface area contributed by atoms with Crippen LogP contribution < -0.4 is 0 Å². The van der Waals surface area contributed by atoms with Crippen molar-refractivity contribution in [1.82, 2.24) is 19.7 Å². The molecule has 3 atom stereocenters.